The summed E-state index contributed by atoms with van der Waals surface area (Å²) in [6, 6.07) is 0.0760. The van der Waals surface area contributed by atoms with Crippen molar-refractivity contribution in [3.8, 4) is 0 Å². The van der Waals surface area contributed by atoms with Gasteiger partial charge in [-0.15, -0.1) is 0 Å². The molecule has 76 valence electrons. The van der Waals surface area contributed by atoms with Crippen LogP contribution in [-0.4, -0.2) is 36.4 Å². The van der Waals surface area contributed by atoms with Crippen LogP contribution in [0.4, 0.5) is 0 Å². The standard InChI is InChI=1S/C9H17NO3/c1-6(11)9(12)10-7-4-3-5-8(7)13-2/h6-8,11H,3-5H2,1-2H3,(H,10,12)/t6?,7-,8-/m1/s1. The van der Waals surface area contributed by atoms with E-state index in [4.69, 9.17) is 9.84 Å². The third kappa shape index (κ3) is 2.67. The van der Waals surface area contributed by atoms with Crippen LogP contribution in [0.5, 0.6) is 0 Å². The third-order valence-electron chi connectivity index (χ3n) is 2.46. The van der Waals surface area contributed by atoms with Gasteiger partial charge in [-0.25, -0.2) is 0 Å². The molecule has 0 radical (unpaired) electrons. The number of rotatable bonds is 3. The second kappa shape index (κ2) is 4.58. The lowest BCUT2D eigenvalue weighted by molar-refractivity contribution is -0.130. The Morgan fingerprint density at radius 2 is 2.31 bits per heavy atom. The largest absolute Gasteiger partial charge is 0.384 e. The fourth-order valence-electron chi connectivity index (χ4n) is 1.68. The monoisotopic (exact) mass is 187 g/mol. The minimum Gasteiger partial charge on any atom is -0.384 e. The number of ether oxygens (including phenoxy) is 1. The Morgan fingerprint density at radius 3 is 2.85 bits per heavy atom. The Morgan fingerprint density at radius 1 is 1.62 bits per heavy atom. The Kier molecular flexibility index (Phi) is 3.69. The summed E-state index contributed by atoms with van der Waals surface area (Å²) < 4.78 is 5.21. The predicted octanol–water partition coefficient (Wildman–Crippen LogP) is 0.0509. The summed E-state index contributed by atoms with van der Waals surface area (Å²) in [5.41, 5.74) is 0. The van der Waals surface area contributed by atoms with Crippen molar-refractivity contribution in [1.82, 2.24) is 5.32 Å². The number of amides is 1. The molecule has 1 saturated carbocycles. The first-order valence-corrected chi connectivity index (χ1v) is 4.66. The Labute approximate surface area is 78.3 Å². The van der Waals surface area contributed by atoms with Gasteiger partial charge in [-0.1, -0.05) is 0 Å². The number of carbonyl (C=O) groups is 1. The summed E-state index contributed by atoms with van der Waals surface area (Å²) in [7, 11) is 1.65. The van der Waals surface area contributed by atoms with Gasteiger partial charge >= 0.3 is 0 Å². The van der Waals surface area contributed by atoms with Crippen LogP contribution in [0.3, 0.4) is 0 Å². The molecule has 0 bridgehead atoms. The Bertz CT molecular complexity index is 182. The normalized spacial score (nSPS) is 30.1. The predicted molar refractivity (Wildman–Crippen MR) is 48.3 cm³/mol. The van der Waals surface area contributed by atoms with Gasteiger partial charge in [-0.3, -0.25) is 4.79 Å². The van der Waals surface area contributed by atoms with E-state index in [-0.39, 0.29) is 18.1 Å². The minimum absolute atomic E-state index is 0.0760. The van der Waals surface area contributed by atoms with Crippen LogP contribution in [-0.2, 0) is 9.53 Å². The zero-order valence-electron chi connectivity index (χ0n) is 8.12. The number of methoxy groups -OCH3 is 1. The molecule has 2 N–H and O–H groups in total. The van der Waals surface area contributed by atoms with Gasteiger partial charge in [0.25, 0.3) is 0 Å². The fourth-order valence-corrected chi connectivity index (χ4v) is 1.68. The maximum atomic E-state index is 11.1. The highest BCUT2D eigenvalue weighted by Gasteiger charge is 2.28. The van der Waals surface area contributed by atoms with E-state index < -0.39 is 6.10 Å². The van der Waals surface area contributed by atoms with Gasteiger partial charge in [-0.2, -0.15) is 0 Å². The second-order valence-electron chi connectivity index (χ2n) is 3.50. The first-order valence-electron chi connectivity index (χ1n) is 4.66. The number of nitrogens with one attached hydrogen (secondary N) is 1. The molecular formula is C9H17NO3. The van der Waals surface area contributed by atoms with E-state index in [1.165, 1.54) is 6.92 Å². The number of hydrogen-bond donors (Lipinski definition) is 2. The van der Waals surface area contributed by atoms with Gasteiger partial charge in [0.15, 0.2) is 0 Å². The summed E-state index contributed by atoms with van der Waals surface area (Å²) in [4.78, 5) is 11.1. The number of hydrogen-bond acceptors (Lipinski definition) is 3. The lowest BCUT2D eigenvalue weighted by Crippen LogP contribution is -2.44. The fraction of sp³-hybridized carbons (Fsp3) is 0.889. The van der Waals surface area contributed by atoms with Crippen LogP contribution in [0.25, 0.3) is 0 Å². The van der Waals surface area contributed by atoms with Gasteiger partial charge in [0.2, 0.25) is 5.91 Å². The van der Waals surface area contributed by atoms with Crippen molar-refractivity contribution in [2.24, 2.45) is 0 Å². The molecule has 1 rings (SSSR count). The first-order chi connectivity index (χ1) is 6.15. The molecule has 1 aliphatic carbocycles. The SMILES string of the molecule is CO[C@@H]1CCC[C@H]1NC(=O)C(C)O. The molecule has 1 unspecified atom stereocenters. The molecule has 13 heavy (non-hydrogen) atoms. The van der Waals surface area contributed by atoms with Crippen molar-refractivity contribution in [3.63, 3.8) is 0 Å². The Hall–Kier alpha value is -0.610. The molecule has 0 aromatic heterocycles. The van der Waals surface area contributed by atoms with E-state index in [1.54, 1.807) is 7.11 Å². The molecule has 0 aromatic rings. The molecule has 0 aliphatic heterocycles. The average Bonchev–Trinajstić information content (AvgIpc) is 2.51. The molecule has 1 fully saturated rings. The lowest BCUT2D eigenvalue weighted by Gasteiger charge is -2.20. The number of aliphatic hydroxyl groups excluding tert-OH is 1. The van der Waals surface area contributed by atoms with Crippen molar-refractivity contribution in [1.29, 1.82) is 0 Å². The molecular weight excluding hydrogens is 170 g/mol. The van der Waals surface area contributed by atoms with Crippen molar-refractivity contribution >= 4 is 5.91 Å². The second-order valence-corrected chi connectivity index (χ2v) is 3.50. The summed E-state index contributed by atoms with van der Waals surface area (Å²) in [6.45, 7) is 1.46. The topological polar surface area (TPSA) is 58.6 Å². The van der Waals surface area contributed by atoms with E-state index in [0.29, 0.717) is 0 Å². The van der Waals surface area contributed by atoms with Crippen molar-refractivity contribution < 1.29 is 14.6 Å². The molecule has 0 aromatic carbocycles. The summed E-state index contributed by atoms with van der Waals surface area (Å²) in [5.74, 6) is -0.311. The molecule has 1 aliphatic rings. The maximum Gasteiger partial charge on any atom is 0.248 e. The molecule has 4 nitrogen and oxygen atoms in total. The van der Waals surface area contributed by atoms with Gasteiger partial charge in [-0.05, 0) is 26.2 Å². The van der Waals surface area contributed by atoms with Crippen LogP contribution in [0, 0.1) is 0 Å². The molecule has 1 amide bonds. The van der Waals surface area contributed by atoms with E-state index in [1.807, 2.05) is 0 Å². The minimum atomic E-state index is -0.932. The van der Waals surface area contributed by atoms with Crippen LogP contribution in [0.15, 0.2) is 0 Å². The van der Waals surface area contributed by atoms with E-state index >= 15 is 0 Å². The number of aliphatic hydroxyl groups is 1. The highest BCUT2D eigenvalue weighted by molar-refractivity contribution is 5.80. The van der Waals surface area contributed by atoms with Crippen LogP contribution < -0.4 is 5.32 Å². The van der Waals surface area contributed by atoms with Gasteiger partial charge < -0.3 is 15.2 Å². The van der Waals surface area contributed by atoms with E-state index in [2.05, 4.69) is 5.32 Å². The van der Waals surface area contributed by atoms with Gasteiger partial charge in [0, 0.05) is 7.11 Å². The van der Waals surface area contributed by atoms with Crippen molar-refractivity contribution in [2.45, 2.75) is 44.4 Å². The summed E-state index contributed by atoms with van der Waals surface area (Å²) >= 11 is 0. The average molecular weight is 187 g/mol. The van der Waals surface area contributed by atoms with Crippen LogP contribution in [0.1, 0.15) is 26.2 Å². The summed E-state index contributed by atoms with van der Waals surface area (Å²) in [5, 5.41) is 11.8. The molecule has 4 heteroatoms. The van der Waals surface area contributed by atoms with E-state index in [9.17, 15) is 4.79 Å². The maximum absolute atomic E-state index is 11.1. The van der Waals surface area contributed by atoms with Crippen LogP contribution >= 0.6 is 0 Å². The van der Waals surface area contributed by atoms with E-state index in [0.717, 1.165) is 19.3 Å². The lowest BCUT2D eigenvalue weighted by atomic mass is 10.2. The third-order valence-corrected chi connectivity index (χ3v) is 2.46. The van der Waals surface area contributed by atoms with Gasteiger partial charge in [0.1, 0.15) is 6.10 Å². The number of carbonyl (C=O) groups excluding carboxylic acids is 1. The molecule has 0 saturated heterocycles. The van der Waals surface area contributed by atoms with Crippen molar-refractivity contribution in [2.75, 3.05) is 7.11 Å². The molecule has 0 heterocycles. The summed E-state index contributed by atoms with van der Waals surface area (Å²) in [6.07, 6.45) is 2.18. The molecule has 0 spiro atoms. The quantitative estimate of drug-likeness (QED) is 0.656. The smallest absolute Gasteiger partial charge is 0.248 e. The van der Waals surface area contributed by atoms with Gasteiger partial charge in [0.05, 0.1) is 12.1 Å². The van der Waals surface area contributed by atoms with Crippen LogP contribution in [0.2, 0.25) is 0 Å². The molecule has 3 atom stereocenters. The highest BCUT2D eigenvalue weighted by atomic mass is 16.5. The zero-order valence-corrected chi connectivity index (χ0v) is 8.12. The Balaban J connectivity index is 2.39. The first kappa shape index (κ1) is 10.5. The van der Waals surface area contributed by atoms with Crippen molar-refractivity contribution in [3.05, 3.63) is 0 Å². The highest BCUT2D eigenvalue weighted by Crippen LogP contribution is 2.21. The zero-order chi connectivity index (χ0) is 9.84.